The normalized spacial score (nSPS) is 13.1. The zero-order valence-corrected chi connectivity index (χ0v) is 33.5. The molecular weight excluding hydrogens is 755 g/mol. The molecular formula is C58H35N3O. The van der Waals surface area contributed by atoms with Gasteiger partial charge in [0.25, 0.3) is 0 Å². The first kappa shape index (κ1) is 34.6. The molecule has 4 nitrogen and oxygen atoms in total. The Kier molecular flexibility index (Phi) is 7.49. The molecule has 2 aromatic heterocycles. The van der Waals surface area contributed by atoms with E-state index in [1.54, 1.807) is 0 Å². The Labute approximate surface area is 358 Å². The van der Waals surface area contributed by atoms with Crippen LogP contribution in [-0.4, -0.2) is 15.0 Å². The molecule has 13 rings (SSSR count). The number of ether oxygens (including phenoxy) is 1. The summed E-state index contributed by atoms with van der Waals surface area (Å²) in [6.45, 7) is 0. The van der Waals surface area contributed by atoms with Crippen LogP contribution in [0.5, 0.6) is 11.5 Å². The van der Waals surface area contributed by atoms with Crippen LogP contribution in [0, 0.1) is 0 Å². The van der Waals surface area contributed by atoms with E-state index >= 15 is 0 Å². The third-order valence-electron chi connectivity index (χ3n) is 13.0. The number of benzene rings is 9. The summed E-state index contributed by atoms with van der Waals surface area (Å²) in [4.78, 5) is 15.4. The minimum atomic E-state index is -0.544. The van der Waals surface area contributed by atoms with Crippen LogP contribution in [0.25, 0.3) is 88.7 Å². The Bertz CT molecular complexity index is 3550. The lowest BCUT2D eigenvalue weighted by Gasteiger charge is -2.39. The second-order valence-electron chi connectivity index (χ2n) is 16.2. The van der Waals surface area contributed by atoms with E-state index in [2.05, 4.69) is 182 Å². The third kappa shape index (κ3) is 5.04. The van der Waals surface area contributed by atoms with E-state index in [0.717, 1.165) is 94.8 Å². The van der Waals surface area contributed by atoms with Gasteiger partial charge in [-0.1, -0.05) is 176 Å². The van der Waals surface area contributed by atoms with Crippen LogP contribution < -0.4 is 4.74 Å². The van der Waals surface area contributed by atoms with E-state index in [9.17, 15) is 0 Å². The lowest BCUT2D eigenvalue weighted by molar-refractivity contribution is 0.436. The second-order valence-corrected chi connectivity index (χ2v) is 16.2. The van der Waals surface area contributed by atoms with Crippen molar-refractivity contribution in [2.75, 3.05) is 0 Å². The number of pyridine rings is 1. The number of hydrogen-bond acceptors (Lipinski definition) is 4. The molecule has 1 spiro atoms. The van der Waals surface area contributed by atoms with Gasteiger partial charge >= 0.3 is 0 Å². The molecule has 1 aliphatic carbocycles. The van der Waals surface area contributed by atoms with Gasteiger partial charge in [-0.3, -0.25) is 0 Å². The van der Waals surface area contributed by atoms with Crippen LogP contribution >= 0.6 is 0 Å². The summed E-state index contributed by atoms with van der Waals surface area (Å²) in [6, 6.07) is 75.4. The predicted octanol–water partition coefficient (Wildman–Crippen LogP) is 14.5. The minimum absolute atomic E-state index is 0.544. The van der Waals surface area contributed by atoms with Gasteiger partial charge < -0.3 is 4.74 Å². The van der Waals surface area contributed by atoms with Gasteiger partial charge in [0, 0.05) is 44.0 Å². The first-order valence-corrected chi connectivity index (χ1v) is 21.1. The molecule has 11 aromatic rings. The largest absolute Gasteiger partial charge is 0.457 e. The van der Waals surface area contributed by atoms with Gasteiger partial charge in [-0.05, 0) is 75.2 Å². The van der Waals surface area contributed by atoms with Crippen molar-refractivity contribution in [3.63, 3.8) is 0 Å². The van der Waals surface area contributed by atoms with Crippen molar-refractivity contribution in [2.45, 2.75) is 5.41 Å². The van der Waals surface area contributed by atoms with Gasteiger partial charge in [0.2, 0.25) is 0 Å². The van der Waals surface area contributed by atoms with Crippen LogP contribution in [0.15, 0.2) is 212 Å². The summed E-state index contributed by atoms with van der Waals surface area (Å²) in [5, 5.41) is 4.49. The lowest BCUT2D eigenvalue weighted by Crippen LogP contribution is -2.32. The molecule has 3 heterocycles. The van der Waals surface area contributed by atoms with E-state index in [4.69, 9.17) is 19.7 Å². The number of aromatic nitrogens is 3. The van der Waals surface area contributed by atoms with Crippen molar-refractivity contribution in [2.24, 2.45) is 0 Å². The van der Waals surface area contributed by atoms with Crippen molar-refractivity contribution in [1.82, 2.24) is 15.0 Å². The number of para-hydroxylation sites is 4. The van der Waals surface area contributed by atoms with Crippen molar-refractivity contribution >= 4 is 32.6 Å². The average Bonchev–Trinajstić information content (AvgIpc) is 3.62. The van der Waals surface area contributed by atoms with Gasteiger partial charge in [-0.25, -0.2) is 15.0 Å². The van der Waals surface area contributed by atoms with Crippen molar-refractivity contribution in [3.05, 3.63) is 235 Å². The lowest BCUT2D eigenvalue weighted by atomic mass is 9.66. The fourth-order valence-electron chi connectivity index (χ4n) is 10.2. The van der Waals surface area contributed by atoms with Crippen molar-refractivity contribution < 1.29 is 4.74 Å². The highest BCUT2D eigenvalue weighted by molar-refractivity contribution is 6.13. The average molecular weight is 790 g/mol. The summed E-state index contributed by atoms with van der Waals surface area (Å²) in [6.07, 6.45) is 0. The first-order chi connectivity index (χ1) is 30.7. The van der Waals surface area contributed by atoms with Crippen LogP contribution in [0.4, 0.5) is 0 Å². The number of rotatable bonds is 4. The number of nitrogens with zero attached hydrogens (tertiary/aromatic N) is 3. The summed E-state index contributed by atoms with van der Waals surface area (Å²) < 4.78 is 6.62. The molecule has 0 radical (unpaired) electrons. The van der Waals surface area contributed by atoms with E-state index in [-0.39, 0.29) is 0 Å². The standard InChI is InChI=1S/C58H35N3O/c1-2-14-40(15-3-1)57-60-52-23-11-6-18-43(52)55(61-57)38-30-26-36(27-31-38)37-28-32-39(33-29-37)56-46-34-45-41-16-4-7-19-47(41)58(50(45)35-44(46)42-17-5-10-22-51(42)59-56)48-20-8-12-24-53(48)62-54-25-13-9-21-49(54)58/h1-35H. The predicted molar refractivity (Wildman–Crippen MR) is 251 cm³/mol. The molecule has 1 aliphatic heterocycles. The second kappa shape index (κ2) is 13.4. The Morgan fingerprint density at radius 1 is 0.306 bits per heavy atom. The van der Waals surface area contributed by atoms with E-state index < -0.39 is 5.41 Å². The van der Waals surface area contributed by atoms with Gasteiger partial charge in [0.1, 0.15) is 11.5 Å². The molecule has 62 heavy (non-hydrogen) atoms. The molecule has 0 atom stereocenters. The van der Waals surface area contributed by atoms with Gasteiger partial charge in [-0.15, -0.1) is 0 Å². The Morgan fingerprint density at radius 2 is 0.823 bits per heavy atom. The topological polar surface area (TPSA) is 47.9 Å². The van der Waals surface area contributed by atoms with E-state index in [1.165, 1.54) is 27.6 Å². The first-order valence-electron chi connectivity index (χ1n) is 21.1. The number of fused-ring (bicyclic) bond motifs is 13. The molecule has 2 aliphatic rings. The molecule has 0 amide bonds. The molecule has 0 unspecified atom stereocenters. The molecule has 288 valence electrons. The van der Waals surface area contributed by atoms with Gasteiger partial charge in [0.15, 0.2) is 5.82 Å². The van der Waals surface area contributed by atoms with Crippen LogP contribution in [0.2, 0.25) is 0 Å². The third-order valence-corrected chi connectivity index (χ3v) is 13.0. The molecule has 0 fully saturated rings. The maximum atomic E-state index is 6.62. The van der Waals surface area contributed by atoms with E-state index in [1.807, 2.05) is 30.3 Å². The SMILES string of the molecule is c1ccc(-c2nc(-c3ccc(-c4ccc(-c5nc6ccccc6c6cc7c(cc56)-c5ccccc5C75c6ccccc6Oc6ccccc65)cc4)cc3)c3ccccc3n2)cc1. The Balaban J connectivity index is 0.942. The Morgan fingerprint density at radius 3 is 1.50 bits per heavy atom. The zero-order valence-electron chi connectivity index (χ0n) is 33.5. The zero-order chi connectivity index (χ0) is 40.8. The fraction of sp³-hybridized carbons (Fsp3) is 0.0172. The Hall–Kier alpha value is -8.21. The maximum Gasteiger partial charge on any atom is 0.160 e. The maximum absolute atomic E-state index is 6.62. The van der Waals surface area contributed by atoms with Crippen LogP contribution in [-0.2, 0) is 5.41 Å². The summed E-state index contributed by atoms with van der Waals surface area (Å²) in [5.74, 6) is 2.51. The summed E-state index contributed by atoms with van der Waals surface area (Å²) in [5.41, 5.74) is 16.0. The monoisotopic (exact) mass is 789 g/mol. The quantitative estimate of drug-likeness (QED) is 0.167. The van der Waals surface area contributed by atoms with Crippen LogP contribution in [0.1, 0.15) is 22.3 Å². The smallest absolute Gasteiger partial charge is 0.160 e. The molecule has 0 N–H and O–H groups in total. The summed E-state index contributed by atoms with van der Waals surface area (Å²) in [7, 11) is 0. The highest BCUT2D eigenvalue weighted by Crippen LogP contribution is 2.62. The van der Waals surface area contributed by atoms with Crippen LogP contribution in [0.3, 0.4) is 0 Å². The fourth-order valence-corrected chi connectivity index (χ4v) is 10.2. The molecule has 0 saturated carbocycles. The van der Waals surface area contributed by atoms with Crippen molar-refractivity contribution in [3.8, 4) is 67.7 Å². The van der Waals surface area contributed by atoms with E-state index in [0.29, 0.717) is 0 Å². The molecule has 0 saturated heterocycles. The van der Waals surface area contributed by atoms with Gasteiger partial charge in [-0.2, -0.15) is 0 Å². The minimum Gasteiger partial charge on any atom is -0.457 e. The highest BCUT2D eigenvalue weighted by Gasteiger charge is 2.51. The van der Waals surface area contributed by atoms with Gasteiger partial charge in [0.05, 0.1) is 27.8 Å². The highest BCUT2D eigenvalue weighted by atomic mass is 16.5. The summed E-state index contributed by atoms with van der Waals surface area (Å²) >= 11 is 0. The molecule has 0 bridgehead atoms. The molecule has 4 heteroatoms. The van der Waals surface area contributed by atoms with Crippen molar-refractivity contribution in [1.29, 1.82) is 0 Å². The molecule has 9 aromatic carbocycles. The number of hydrogen-bond donors (Lipinski definition) is 0.